The largest absolute Gasteiger partial charge is 0.496 e. The summed E-state index contributed by atoms with van der Waals surface area (Å²) in [7, 11) is 3.15. The van der Waals surface area contributed by atoms with Crippen LogP contribution in [0.5, 0.6) is 5.75 Å². The van der Waals surface area contributed by atoms with Gasteiger partial charge in [-0.1, -0.05) is 30.3 Å². The Bertz CT molecular complexity index is 986. The van der Waals surface area contributed by atoms with Crippen LogP contribution >= 0.6 is 0 Å². The van der Waals surface area contributed by atoms with Gasteiger partial charge in [0.05, 0.1) is 20.6 Å². The highest BCUT2D eigenvalue weighted by Gasteiger charge is 2.37. The zero-order chi connectivity index (χ0) is 24.6. The Morgan fingerprint density at radius 2 is 1.71 bits per heavy atom. The van der Waals surface area contributed by atoms with Gasteiger partial charge in [0.15, 0.2) is 0 Å². The van der Waals surface area contributed by atoms with Crippen LogP contribution < -0.4 is 15.0 Å². The second-order valence-corrected chi connectivity index (χ2v) is 9.39. The van der Waals surface area contributed by atoms with Gasteiger partial charge in [-0.3, -0.25) is 14.5 Å². The summed E-state index contributed by atoms with van der Waals surface area (Å²) < 4.78 is 10.4. The highest BCUT2D eigenvalue weighted by molar-refractivity contribution is 5.78. The highest BCUT2D eigenvalue weighted by atomic mass is 16.5. The van der Waals surface area contributed by atoms with Crippen molar-refractivity contribution < 1.29 is 19.1 Å². The van der Waals surface area contributed by atoms with E-state index in [-0.39, 0.29) is 17.9 Å². The van der Waals surface area contributed by atoms with Gasteiger partial charge in [0.25, 0.3) is 0 Å². The standard InChI is InChI=1S/C28H37N3O4/c1-34-26-8-4-3-6-22(26)13-16-29-27(32)20-21-9-11-23(12-10-21)30-18-14-24(15-19-30)31-17-5-7-25(31)28(33)35-2/h3-4,6,8-12,24-25H,5,7,13-20H2,1-2H3,(H,29,32)/t25-/m0/s1. The van der Waals surface area contributed by atoms with Crippen molar-refractivity contribution in [1.29, 1.82) is 0 Å². The normalized spacial score (nSPS) is 18.9. The number of methoxy groups -OCH3 is 2. The number of nitrogens with zero attached hydrogens (tertiary/aromatic N) is 2. The molecule has 0 spiro atoms. The second-order valence-electron chi connectivity index (χ2n) is 9.39. The van der Waals surface area contributed by atoms with Gasteiger partial charge in [0, 0.05) is 31.4 Å². The highest BCUT2D eigenvalue weighted by Crippen LogP contribution is 2.29. The number of nitrogens with one attached hydrogen (secondary N) is 1. The SMILES string of the molecule is COC(=O)[C@@H]1CCCN1C1CCN(c2ccc(CC(=O)NCCc3ccccc3OC)cc2)CC1. The minimum absolute atomic E-state index is 0.0271. The molecule has 188 valence electrons. The number of para-hydroxylation sites is 1. The number of ether oxygens (including phenoxy) is 2. The number of carbonyl (C=O) groups is 2. The maximum Gasteiger partial charge on any atom is 0.323 e. The monoisotopic (exact) mass is 479 g/mol. The molecule has 1 atom stereocenters. The average Bonchev–Trinajstić information content (AvgIpc) is 3.39. The molecule has 0 unspecified atom stereocenters. The van der Waals surface area contributed by atoms with Gasteiger partial charge in [-0.25, -0.2) is 0 Å². The molecular weight excluding hydrogens is 442 g/mol. The van der Waals surface area contributed by atoms with Crippen LogP contribution in [0.15, 0.2) is 48.5 Å². The molecule has 4 rings (SSSR count). The van der Waals surface area contributed by atoms with Crippen LogP contribution in [-0.4, -0.2) is 69.3 Å². The maximum absolute atomic E-state index is 12.4. The summed E-state index contributed by atoms with van der Waals surface area (Å²) in [4.78, 5) is 29.3. The lowest BCUT2D eigenvalue weighted by atomic mass is 10.0. The lowest BCUT2D eigenvalue weighted by Crippen LogP contribution is -2.49. The number of hydrogen-bond acceptors (Lipinski definition) is 6. The Balaban J connectivity index is 1.22. The van der Waals surface area contributed by atoms with Gasteiger partial charge in [0.2, 0.25) is 5.91 Å². The number of rotatable bonds is 9. The molecule has 2 aromatic carbocycles. The Morgan fingerprint density at radius 1 is 0.971 bits per heavy atom. The molecule has 1 amide bonds. The smallest absolute Gasteiger partial charge is 0.323 e. The second kappa shape index (κ2) is 12.1. The third-order valence-electron chi connectivity index (χ3n) is 7.28. The van der Waals surface area contributed by atoms with Gasteiger partial charge in [-0.05, 0) is 68.0 Å². The first-order chi connectivity index (χ1) is 17.1. The summed E-state index contributed by atoms with van der Waals surface area (Å²) in [5, 5.41) is 3.01. The number of piperidine rings is 1. The lowest BCUT2D eigenvalue weighted by Gasteiger charge is -2.39. The van der Waals surface area contributed by atoms with Crippen molar-refractivity contribution in [2.75, 3.05) is 45.3 Å². The van der Waals surface area contributed by atoms with Gasteiger partial charge < -0.3 is 19.7 Å². The van der Waals surface area contributed by atoms with Crippen LogP contribution in [0.1, 0.15) is 36.8 Å². The lowest BCUT2D eigenvalue weighted by molar-refractivity contribution is -0.146. The van der Waals surface area contributed by atoms with Crippen LogP contribution in [-0.2, 0) is 27.2 Å². The van der Waals surface area contributed by atoms with E-state index in [1.54, 1.807) is 7.11 Å². The van der Waals surface area contributed by atoms with E-state index in [0.717, 1.165) is 68.6 Å². The van der Waals surface area contributed by atoms with E-state index < -0.39 is 0 Å². The first-order valence-corrected chi connectivity index (χ1v) is 12.6. The first kappa shape index (κ1) is 25.0. The molecule has 0 aromatic heterocycles. The summed E-state index contributed by atoms with van der Waals surface area (Å²) in [5.41, 5.74) is 3.29. The van der Waals surface area contributed by atoms with Gasteiger partial charge >= 0.3 is 5.97 Å². The fraction of sp³-hybridized carbons (Fsp3) is 0.500. The van der Waals surface area contributed by atoms with Gasteiger partial charge in [0.1, 0.15) is 11.8 Å². The third kappa shape index (κ3) is 6.34. The van der Waals surface area contributed by atoms with Crippen molar-refractivity contribution in [2.24, 2.45) is 0 Å². The minimum atomic E-state index is -0.0932. The Hall–Kier alpha value is -3.06. The summed E-state index contributed by atoms with van der Waals surface area (Å²) in [5.74, 6) is 0.786. The van der Waals surface area contributed by atoms with E-state index in [9.17, 15) is 9.59 Å². The molecule has 0 aliphatic carbocycles. The quantitative estimate of drug-likeness (QED) is 0.557. The minimum Gasteiger partial charge on any atom is -0.496 e. The predicted molar refractivity (Wildman–Crippen MR) is 137 cm³/mol. The molecule has 0 saturated carbocycles. The Morgan fingerprint density at radius 3 is 2.43 bits per heavy atom. The number of hydrogen-bond donors (Lipinski definition) is 1. The summed E-state index contributed by atoms with van der Waals surface area (Å²) in [6.45, 7) is 3.51. The molecule has 2 fully saturated rings. The average molecular weight is 480 g/mol. The number of likely N-dealkylation sites (tertiary alicyclic amines) is 1. The molecule has 7 nitrogen and oxygen atoms in total. The molecule has 0 radical (unpaired) electrons. The summed E-state index contributed by atoms with van der Waals surface area (Å²) in [6.07, 6.45) is 5.17. The third-order valence-corrected chi connectivity index (χ3v) is 7.28. The Labute approximate surface area is 208 Å². The van der Waals surface area contributed by atoms with E-state index in [0.29, 0.717) is 19.0 Å². The van der Waals surface area contributed by atoms with E-state index in [2.05, 4.69) is 39.4 Å². The number of amides is 1. The molecule has 0 bridgehead atoms. The molecule has 2 aromatic rings. The number of anilines is 1. The number of benzene rings is 2. The predicted octanol–water partition coefficient (Wildman–Crippen LogP) is 3.20. The number of esters is 1. The van der Waals surface area contributed by atoms with Crippen LogP contribution in [0.25, 0.3) is 0 Å². The topological polar surface area (TPSA) is 71.1 Å². The first-order valence-electron chi connectivity index (χ1n) is 12.6. The molecule has 2 aliphatic rings. The zero-order valence-electron chi connectivity index (χ0n) is 20.9. The van der Waals surface area contributed by atoms with Crippen molar-refractivity contribution in [3.05, 3.63) is 59.7 Å². The van der Waals surface area contributed by atoms with Crippen molar-refractivity contribution in [3.8, 4) is 5.75 Å². The van der Waals surface area contributed by atoms with Gasteiger partial charge in [-0.15, -0.1) is 0 Å². The molecular formula is C28H37N3O4. The fourth-order valence-corrected chi connectivity index (χ4v) is 5.39. The van der Waals surface area contributed by atoms with Gasteiger partial charge in [-0.2, -0.15) is 0 Å². The van der Waals surface area contributed by atoms with E-state index >= 15 is 0 Å². The molecule has 2 heterocycles. The zero-order valence-corrected chi connectivity index (χ0v) is 20.9. The van der Waals surface area contributed by atoms with Crippen molar-refractivity contribution in [2.45, 2.75) is 50.6 Å². The molecule has 35 heavy (non-hydrogen) atoms. The Kier molecular flexibility index (Phi) is 8.64. The van der Waals surface area contributed by atoms with Crippen molar-refractivity contribution >= 4 is 17.6 Å². The summed E-state index contributed by atoms with van der Waals surface area (Å²) in [6, 6.07) is 16.6. The number of carbonyl (C=O) groups excluding carboxylic acids is 2. The van der Waals surface area contributed by atoms with Crippen LogP contribution in [0.4, 0.5) is 5.69 Å². The van der Waals surface area contributed by atoms with Crippen LogP contribution in [0.2, 0.25) is 0 Å². The van der Waals surface area contributed by atoms with E-state index in [1.807, 2.05) is 24.3 Å². The van der Waals surface area contributed by atoms with Crippen LogP contribution in [0.3, 0.4) is 0 Å². The van der Waals surface area contributed by atoms with Crippen LogP contribution in [0, 0.1) is 0 Å². The molecule has 7 heteroatoms. The maximum atomic E-state index is 12.4. The fourth-order valence-electron chi connectivity index (χ4n) is 5.39. The molecule has 2 aliphatic heterocycles. The van der Waals surface area contributed by atoms with E-state index in [1.165, 1.54) is 12.8 Å². The molecule has 2 saturated heterocycles. The van der Waals surface area contributed by atoms with Crippen molar-refractivity contribution in [3.63, 3.8) is 0 Å². The summed E-state index contributed by atoms with van der Waals surface area (Å²) >= 11 is 0. The van der Waals surface area contributed by atoms with E-state index in [4.69, 9.17) is 9.47 Å². The van der Waals surface area contributed by atoms with Crippen molar-refractivity contribution in [1.82, 2.24) is 10.2 Å². The molecule has 1 N–H and O–H groups in total.